The molecule has 0 atom stereocenters. The lowest BCUT2D eigenvalue weighted by Gasteiger charge is -2.08. The summed E-state index contributed by atoms with van der Waals surface area (Å²) in [6.45, 7) is 1.50. The third-order valence-corrected chi connectivity index (χ3v) is 2.46. The second-order valence-electron chi connectivity index (χ2n) is 3.57. The highest BCUT2D eigenvalue weighted by molar-refractivity contribution is 6.30. The molecule has 0 bridgehead atoms. The van der Waals surface area contributed by atoms with Gasteiger partial charge in [0.1, 0.15) is 17.5 Å². The standard InChI is InChI=1S/C12H9ClF2N2/c1-7-4-10(15)11(5-9(7)14)17-12-3-2-8(13)6-16-12/h2-6H,1H3,(H,16,17). The van der Waals surface area contributed by atoms with Gasteiger partial charge in [0, 0.05) is 12.3 Å². The van der Waals surface area contributed by atoms with Gasteiger partial charge in [-0.2, -0.15) is 0 Å². The van der Waals surface area contributed by atoms with Gasteiger partial charge in [0.2, 0.25) is 0 Å². The van der Waals surface area contributed by atoms with E-state index >= 15 is 0 Å². The van der Waals surface area contributed by atoms with Crippen molar-refractivity contribution in [3.8, 4) is 0 Å². The predicted molar refractivity (Wildman–Crippen MR) is 63.6 cm³/mol. The van der Waals surface area contributed by atoms with Crippen LogP contribution in [0, 0.1) is 18.6 Å². The van der Waals surface area contributed by atoms with E-state index in [1.54, 1.807) is 12.1 Å². The number of anilines is 2. The van der Waals surface area contributed by atoms with Crippen LogP contribution >= 0.6 is 11.6 Å². The molecule has 5 heteroatoms. The number of hydrogen-bond donors (Lipinski definition) is 1. The zero-order valence-electron chi connectivity index (χ0n) is 8.97. The van der Waals surface area contributed by atoms with Crippen LogP contribution < -0.4 is 5.32 Å². The number of rotatable bonds is 2. The summed E-state index contributed by atoms with van der Waals surface area (Å²) in [4.78, 5) is 3.93. The quantitative estimate of drug-likeness (QED) is 0.874. The average molecular weight is 255 g/mol. The number of nitrogens with zero attached hydrogens (tertiary/aromatic N) is 1. The summed E-state index contributed by atoms with van der Waals surface area (Å²) in [6.07, 6.45) is 1.42. The fourth-order valence-electron chi connectivity index (χ4n) is 1.33. The van der Waals surface area contributed by atoms with Crippen molar-refractivity contribution >= 4 is 23.1 Å². The molecule has 1 aromatic heterocycles. The summed E-state index contributed by atoms with van der Waals surface area (Å²) >= 11 is 5.67. The van der Waals surface area contributed by atoms with Crippen LogP contribution in [0.1, 0.15) is 5.56 Å². The Morgan fingerprint density at radius 1 is 1.18 bits per heavy atom. The van der Waals surface area contributed by atoms with E-state index in [0.29, 0.717) is 10.8 Å². The smallest absolute Gasteiger partial charge is 0.147 e. The van der Waals surface area contributed by atoms with E-state index in [-0.39, 0.29) is 11.3 Å². The number of halogens is 3. The SMILES string of the molecule is Cc1cc(F)c(Nc2ccc(Cl)cn2)cc1F. The Kier molecular flexibility index (Phi) is 3.24. The summed E-state index contributed by atoms with van der Waals surface area (Å²) in [7, 11) is 0. The molecule has 2 nitrogen and oxygen atoms in total. The Morgan fingerprint density at radius 3 is 2.59 bits per heavy atom. The molecule has 0 radical (unpaired) electrons. The van der Waals surface area contributed by atoms with Gasteiger partial charge in [-0.15, -0.1) is 0 Å². The van der Waals surface area contributed by atoms with Gasteiger partial charge in [-0.1, -0.05) is 11.6 Å². The van der Waals surface area contributed by atoms with Crippen molar-refractivity contribution in [2.75, 3.05) is 5.32 Å². The Bertz CT molecular complexity index is 541. The molecule has 1 aromatic carbocycles. The molecule has 17 heavy (non-hydrogen) atoms. The highest BCUT2D eigenvalue weighted by Gasteiger charge is 2.07. The van der Waals surface area contributed by atoms with Crippen LogP contribution in [0.15, 0.2) is 30.5 Å². The number of aromatic nitrogens is 1. The lowest BCUT2D eigenvalue weighted by molar-refractivity contribution is 0.595. The second-order valence-corrected chi connectivity index (χ2v) is 4.00. The second kappa shape index (κ2) is 4.67. The molecule has 1 N–H and O–H groups in total. The Hall–Kier alpha value is -1.68. The lowest BCUT2D eigenvalue weighted by Crippen LogP contribution is -1.98. The molecular formula is C12H9ClF2N2. The van der Waals surface area contributed by atoms with Crippen molar-refractivity contribution in [1.29, 1.82) is 0 Å². The monoisotopic (exact) mass is 254 g/mol. The summed E-state index contributed by atoms with van der Waals surface area (Å²) in [6, 6.07) is 5.42. The van der Waals surface area contributed by atoms with Gasteiger partial charge in [-0.25, -0.2) is 13.8 Å². The van der Waals surface area contributed by atoms with Gasteiger partial charge < -0.3 is 5.32 Å². The van der Waals surface area contributed by atoms with Gasteiger partial charge >= 0.3 is 0 Å². The minimum absolute atomic E-state index is 0.0444. The Labute approximate surface area is 102 Å². The summed E-state index contributed by atoms with van der Waals surface area (Å²) < 4.78 is 26.8. The molecule has 2 aromatic rings. The molecule has 0 aliphatic carbocycles. The summed E-state index contributed by atoms with van der Waals surface area (Å²) in [5.41, 5.74) is 0.306. The lowest BCUT2D eigenvalue weighted by atomic mass is 10.2. The maximum absolute atomic E-state index is 13.5. The molecule has 0 unspecified atom stereocenters. The zero-order chi connectivity index (χ0) is 12.4. The first-order valence-corrected chi connectivity index (χ1v) is 5.28. The number of benzene rings is 1. The van der Waals surface area contributed by atoms with E-state index in [1.807, 2.05) is 0 Å². The van der Waals surface area contributed by atoms with Crippen molar-refractivity contribution in [3.05, 3.63) is 52.7 Å². The maximum atomic E-state index is 13.5. The third kappa shape index (κ3) is 2.71. The van der Waals surface area contributed by atoms with E-state index in [2.05, 4.69) is 10.3 Å². The van der Waals surface area contributed by atoms with Gasteiger partial charge in [0.25, 0.3) is 0 Å². The van der Waals surface area contributed by atoms with E-state index in [4.69, 9.17) is 11.6 Å². The third-order valence-electron chi connectivity index (χ3n) is 2.24. The molecule has 0 aliphatic heterocycles. The number of hydrogen-bond acceptors (Lipinski definition) is 2. The Balaban J connectivity index is 2.30. The molecule has 0 spiro atoms. The van der Waals surface area contributed by atoms with Crippen LogP contribution in [-0.2, 0) is 0 Å². The average Bonchev–Trinajstić information content (AvgIpc) is 2.29. The van der Waals surface area contributed by atoms with Crippen LogP contribution in [0.4, 0.5) is 20.3 Å². The van der Waals surface area contributed by atoms with Crippen LogP contribution in [0.2, 0.25) is 5.02 Å². The molecule has 88 valence electrons. The molecule has 0 aliphatic rings. The van der Waals surface area contributed by atoms with Gasteiger partial charge in [-0.05, 0) is 30.7 Å². The van der Waals surface area contributed by atoms with Gasteiger partial charge in [-0.3, -0.25) is 0 Å². The van der Waals surface area contributed by atoms with Crippen LogP contribution in [-0.4, -0.2) is 4.98 Å². The first kappa shape index (κ1) is 11.8. The molecule has 0 amide bonds. The molecule has 2 rings (SSSR count). The first-order valence-electron chi connectivity index (χ1n) is 4.90. The fraction of sp³-hybridized carbons (Fsp3) is 0.0833. The highest BCUT2D eigenvalue weighted by atomic mass is 35.5. The molecule has 0 saturated carbocycles. The number of pyridine rings is 1. The minimum Gasteiger partial charge on any atom is -0.338 e. The van der Waals surface area contributed by atoms with Crippen molar-refractivity contribution in [2.45, 2.75) is 6.92 Å². The van der Waals surface area contributed by atoms with Gasteiger partial charge in [0.05, 0.1) is 10.7 Å². The van der Waals surface area contributed by atoms with Crippen molar-refractivity contribution in [1.82, 2.24) is 4.98 Å². The van der Waals surface area contributed by atoms with E-state index in [9.17, 15) is 8.78 Å². The van der Waals surface area contributed by atoms with Crippen molar-refractivity contribution in [2.24, 2.45) is 0 Å². The minimum atomic E-state index is -0.527. The van der Waals surface area contributed by atoms with E-state index in [1.165, 1.54) is 13.1 Å². The fourth-order valence-corrected chi connectivity index (χ4v) is 1.44. The first-order chi connectivity index (χ1) is 8.06. The van der Waals surface area contributed by atoms with E-state index < -0.39 is 11.6 Å². The number of nitrogens with one attached hydrogen (secondary N) is 1. The van der Waals surface area contributed by atoms with Crippen LogP contribution in [0.3, 0.4) is 0 Å². The molecule has 0 saturated heterocycles. The molecule has 0 fully saturated rings. The van der Waals surface area contributed by atoms with Crippen molar-refractivity contribution in [3.63, 3.8) is 0 Å². The highest BCUT2D eigenvalue weighted by Crippen LogP contribution is 2.22. The number of aryl methyl sites for hydroxylation is 1. The maximum Gasteiger partial charge on any atom is 0.147 e. The summed E-state index contributed by atoms with van der Waals surface area (Å²) in [5.74, 6) is -0.597. The predicted octanol–water partition coefficient (Wildman–Crippen LogP) is 4.07. The van der Waals surface area contributed by atoms with Crippen LogP contribution in [0.5, 0.6) is 0 Å². The Morgan fingerprint density at radius 2 is 1.94 bits per heavy atom. The molecule has 1 heterocycles. The van der Waals surface area contributed by atoms with Crippen molar-refractivity contribution < 1.29 is 8.78 Å². The zero-order valence-corrected chi connectivity index (χ0v) is 9.72. The summed E-state index contributed by atoms with van der Waals surface area (Å²) in [5, 5.41) is 3.16. The van der Waals surface area contributed by atoms with E-state index in [0.717, 1.165) is 12.1 Å². The topological polar surface area (TPSA) is 24.9 Å². The van der Waals surface area contributed by atoms with Crippen LogP contribution in [0.25, 0.3) is 0 Å². The largest absolute Gasteiger partial charge is 0.338 e. The normalized spacial score (nSPS) is 10.4. The molecular weight excluding hydrogens is 246 g/mol. The van der Waals surface area contributed by atoms with Gasteiger partial charge in [0.15, 0.2) is 0 Å².